The molecule has 3 aromatic rings. The number of likely N-dealkylation sites (tertiary alicyclic amines) is 1. The van der Waals surface area contributed by atoms with Crippen molar-refractivity contribution in [3.05, 3.63) is 102 Å². The Labute approximate surface area is 198 Å². The minimum absolute atomic E-state index is 0.0937. The van der Waals surface area contributed by atoms with Gasteiger partial charge in [0.05, 0.1) is 17.9 Å². The fourth-order valence-electron chi connectivity index (χ4n) is 4.07. The van der Waals surface area contributed by atoms with Crippen LogP contribution in [-0.2, 0) is 16.1 Å². The topological polar surface area (TPSA) is 84.7 Å². The largest absolute Gasteiger partial charge is 0.507 e. The van der Waals surface area contributed by atoms with Crippen LogP contribution in [0.4, 0.5) is 0 Å². The standard InChI is InChI=1S/C27H27N3O4/c1-3-17-34-22-11-9-21(10-12-22)25(31)23-24(20-7-5-19(2)6-8-20)30(27(33)26(23)32)15-4-14-29-16-13-28-18-29/h3,5-13,16,18,24,31H,1,4,14-15,17H2,2H3/t24-/m1/s1. The van der Waals surface area contributed by atoms with Crippen molar-refractivity contribution in [3.8, 4) is 5.75 Å². The third kappa shape index (κ3) is 4.78. The molecule has 1 aliphatic heterocycles. The molecule has 1 amide bonds. The number of aliphatic hydroxyl groups is 1. The second-order valence-electron chi connectivity index (χ2n) is 8.18. The molecule has 1 saturated heterocycles. The number of hydrogen-bond donors (Lipinski definition) is 1. The predicted molar refractivity (Wildman–Crippen MR) is 129 cm³/mol. The van der Waals surface area contributed by atoms with E-state index in [0.29, 0.717) is 37.4 Å². The Morgan fingerprint density at radius 3 is 2.50 bits per heavy atom. The van der Waals surface area contributed by atoms with E-state index in [0.717, 1.165) is 11.1 Å². The first-order valence-corrected chi connectivity index (χ1v) is 11.1. The van der Waals surface area contributed by atoms with Gasteiger partial charge >= 0.3 is 0 Å². The highest BCUT2D eigenvalue weighted by molar-refractivity contribution is 6.46. The van der Waals surface area contributed by atoms with Gasteiger partial charge in [0.2, 0.25) is 0 Å². The molecule has 34 heavy (non-hydrogen) atoms. The van der Waals surface area contributed by atoms with Gasteiger partial charge in [-0.1, -0.05) is 42.5 Å². The average molecular weight is 458 g/mol. The zero-order chi connectivity index (χ0) is 24.1. The lowest BCUT2D eigenvalue weighted by Crippen LogP contribution is -2.31. The number of ether oxygens (including phenoxy) is 1. The Hall–Kier alpha value is -4.13. The maximum absolute atomic E-state index is 13.1. The highest BCUT2D eigenvalue weighted by Gasteiger charge is 2.45. The normalized spacial score (nSPS) is 17.2. The highest BCUT2D eigenvalue weighted by Crippen LogP contribution is 2.39. The number of aryl methyl sites for hydroxylation is 2. The van der Waals surface area contributed by atoms with Crippen molar-refractivity contribution in [3.63, 3.8) is 0 Å². The van der Waals surface area contributed by atoms with Crippen LogP contribution >= 0.6 is 0 Å². The second kappa shape index (κ2) is 10.2. The van der Waals surface area contributed by atoms with Crippen molar-refractivity contribution < 1.29 is 19.4 Å². The van der Waals surface area contributed by atoms with Gasteiger partial charge in [0.25, 0.3) is 11.7 Å². The first-order chi connectivity index (χ1) is 16.5. The Bertz CT molecular complexity index is 1200. The van der Waals surface area contributed by atoms with Crippen LogP contribution in [0.2, 0.25) is 0 Å². The van der Waals surface area contributed by atoms with E-state index < -0.39 is 17.7 Å². The van der Waals surface area contributed by atoms with Crippen molar-refractivity contribution in [2.24, 2.45) is 0 Å². The number of nitrogens with zero attached hydrogens (tertiary/aromatic N) is 3. The quantitative estimate of drug-likeness (QED) is 0.225. The summed E-state index contributed by atoms with van der Waals surface area (Å²) < 4.78 is 7.42. The summed E-state index contributed by atoms with van der Waals surface area (Å²) in [5.74, 6) is -0.871. The minimum Gasteiger partial charge on any atom is -0.507 e. The van der Waals surface area contributed by atoms with E-state index in [-0.39, 0.29) is 11.3 Å². The van der Waals surface area contributed by atoms with Crippen LogP contribution < -0.4 is 4.74 Å². The zero-order valence-corrected chi connectivity index (χ0v) is 19.1. The second-order valence-corrected chi connectivity index (χ2v) is 8.18. The molecular formula is C27H27N3O4. The molecule has 0 aliphatic carbocycles. The lowest BCUT2D eigenvalue weighted by Gasteiger charge is -2.25. The molecule has 7 heteroatoms. The third-order valence-electron chi connectivity index (χ3n) is 5.80. The molecule has 7 nitrogen and oxygen atoms in total. The number of benzene rings is 2. The van der Waals surface area contributed by atoms with E-state index in [1.807, 2.05) is 42.0 Å². The van der Waals surface area contributed by atoms with Crippen molar-refractivity contribution in [2.75, 3.05) is 13.2 Å². The lowest BCUT2D eigenvalue weighted by molar-refractivity contribution is -0.139. The minimum atomic E-state index is -0.683. The van der Waals surface area contributed by atoms with Crippen LogP contribution in [-0.4, -0.2) is 44.4 Å². The van der Waals surface area contributed by atoms with Crippen molar-refractivity contribution in [1.29, 1.82) is 0 Å². The number of rotatable bonds is 9. The van der Waals surface area contributed by atoms with Crippen LogP contribution in [0.25, 0.3) is 5.76 Å². The maximum Gasteiger partial charge on any atom is 0.295 e. The van der Waals surface area contributed by atoms with Crippen LogP contribution in [0, 0.1) is 6.92 Å². The van der Waals surface area contributed by atoms with E-state index in [2.05, 4.69) is 11.6 Å². The Morgan fingerprint density at radius 1 is 1.12 bits per heavy atom. The average Bonchev–Trinajstić information content (AvgIpc) is 3.45. The fourth-order valence-corrected chi connectivity index (χ4v) is 4.07. The van der Waals surface area contributed by atoms with Crippen LogP contribution in [0.1, 0.15) is 29.2 Å². The molecule has 1 N–H and O–H groups in total. The molecule has 4 rings (SSSR count). The van der Waals surface area contributed by atoms with Gasteiger partial charge in [-0.15, -0.1) is 0 Å². The van der Waals surface area contributed by atoms with Crippen LogP contribution in [0.3, 0.4) is 0 Å². The first kappa shape index (κ1) is 23.0. The first-order valence-electron chi connectivity index (χ1n) is 11.1. The summed E-state index contributed by atoms with van der Waals surface area (Å²) in [5, 5.41) is 11.2. The number of hydrogen-bond acceptors (Lipinski definition) is 5. The van der Waals surface area contributed by atoms with Gasteiger partial charge in [-0.2, -0.15) is 0 Å². The summed E-state index contributed by atoms with van der Waals surface area (Å²) in [5.41, 5.74) is 2.38. The van der Waals surface area contributed by atoms with E-state index in [9.17, 15) is 14.7 Å². The number of aliphatic hydroxyl groups excluding tert-OH is 1. The molecule has 1 fully saturated rings. The number of carbonyl (C=O) groups excluding carboxylic acids is 2. The molecule has 1 atom stereocenters. The SMILES string of the molecule is C=CCOc1ccc(C(O)=C2C(=O)C(=O)N(CCCn3ccnc3)[C@@H]2c2ccc(C)cc2)cc1. The Kier molecular flexibility index (Phi) is 6.92. The van der Waals surface area contributed by atoms with Gasteiger partial charge < -0.3 is 19.3 Å². The number of carbonyl (C=O) groups is 2. The molecule has 0 radical (unpaired) electrons. The van der Waals surface area contributed by atoms with E-state index in [1.54, 1.807) is 47.8 Å². The maximum atomic E-state index is 13.1. The molecule has 2 heterocycles. The Balaban J connectivity index is 1.68. The highest BCUT2D eigenvalue weighted by atomic mass is 16.5. The monoisotopic (exact) mass is 457 g/mol. The van der Waals surface area contributed by atoms with Gasteiger partial charge in [0.15, 0.2) is 0 Å². The summed E-state index contributed by atoms with van der Waals surface area (Å²) in [6.45, 7) is 6.99. The molecule has 1 aliphatic rings. The number of Topliss-reactive ketones (excluding diaryl/α,β-unsaturated/α-hetero) is 1. The van der Waals surface area contributed by atoms with E-state index in [1.165, 1.54) is 0 Å². The van der Waals surface area contributed by atoms with Crippen molar-refractivity contribution >= 4 is 17.4 Å². The molecule has 174 valence electrons. The van der Waals surface area contributed by atoms with E-state index >= 15 is 0 Å². The van der Waals surface area contributed by atoms with Gasteiger partial charge in [-0.05, 0) is 43.2 Å². The van der Waals surface area contributed by atoms with Crippen LogP contribution in [0.15, 0.2) is 85.5 Å². The smallest absolute Gasteiger partial charge is 0.295 e. The lowest BCUT2D eigenvalue weighted by atomic mass is 9.94. The molecule has 0 spiro atoms. The summed E-state index contributed by atoms with van der Waals surface area (Å²) >= 11 is 0. The molecule has 0 unspecified atom stereocenters. The number of ketones is 1. The summed E-state index contributed by atoms with van der Waals surface area (Å²) in [7, 11) is 0. The molecular weight excluding hydrogens is 430 g/mol. The Morgan fingerprint density at radius 2 is 1.85 bits per heavy atom. The van der Waals surface area contributed by atoms with Gasteiger partial charge in [0.1, 0.15) is 18.1 Å². The summed E-state index contributed by atoms with van der Waals surface area (Å²) in [6, 6.07) is 13.8. The number of aromatic nitrogens is 2. The van der Waals surface area contributed by atoms with Crippen LogP contribution in [0.5, 0.6) is 5.75 Å². The van der Waals surface area contributed by atoms with Crippen molar-refractivity contribution in [2.45, 2.75) is 25.9 Å². The predicted octanol–water partition coefficient (Wildman–Crippen LogP) is 4.27. The molecule has 0 bridgehead atoms. The number of imidazole rings is 1. The number of amides is 1. The zero-order valence-electron chi connectivity index (χ0n) is 19.1. The summed E-state index contributed by atoms with van der Waals surface area (Å²) in [4.78, 5) is 31.8. The van der Waals surface area contributed by atoms with Crippen molar-refractivity contribution in [1.82, 2.24) is 14.5 Å². The van der Waals surface area contributed by atoms with E-state index in [4.69, 9.17) is 4.74 Å². The third-order valence-corrected chi connectivity index (χ3v) is 5.80. The van der Waals surface area contributed by atoms with Gasteiger partial charge in [-0.25, -0.2) is 4.98 Å². The molecule has 2 aromatic carbocycles. The van der Waals surface area contributed by atoms with Gasteiger partial charge in [-0.3, -0.25) is 9.59 Å². The molecule has 0 saturated carbocycles. The molecule has 1 aromatic heterocycles. The summed E-state index contributed by atoms with van der Waals surface area (Å²) in [6.07, 6.45) is 7.55. The fraction of sp³-hybridized carbons (Fsp3) is 0.222. The van der Waals surface area contributed by atoms with Gasteiger partial charge in [0, 0.05) is 31.0 Å².